The molecule has 1 N–H and O–H groups in total. The van der Waals surface area contributed by atoms with E-state index in [9.17, 15) is 9.90 Å². The fourth-order valence-electron chi connectivity index (χ4n) is 5.03. The predicted molar refractivity (Wildman–Crippen MR) is 148 cm³/mol. The van der Waals surface area contributed by atoms with E-state index in [1.807, 2.05) is 17.0 Å². The third kappa shape index (κ3) is 8.78. The first kappa shape index (κ1) is 28.0. The van der Waals surface area contributed by atoms with Gasteiger partial charge in [0.15, 0.2) is 0 Å². The van der Waals surface area contributed by atoms with Gasteiger partial charge in [0.1, 0.15) is 18.1 Å². The van der Waals surface area contributed by atoms with Crippen molar-refractivity contribution in [3.8, 4) is 11.5 Å². The van der Waals surface area contributed by atoms with Crippen LogP contribution in [0, 0.1) is 0 Å². The van der Waals surface area contributed by atoms with E-state index in [1.54, 1.807) is 18.2 Å². The highest BCUT2D eigenvalue weighted by Crippen LogP contribution is 2.29. The lowest BCUT2D eigenvalue weighted by Gasteiger charge is -2.27. The zero-order chi connectivity index (χ0) is 26.1. The van der Waals surface area contributed by atoms with Crippen molar-refractivity contribution >= 4 is 29.1 Å². The molecular weight excluding hydrogens is 511 g/mol. The molecule has 0 spiro atoms. The number of benzene rings is 2. The van der Waals surface area contributed by atoms with Crippen molar-refractivity contribution in [3.63, 3.8) is 0 Å². The maximum atomic E-state index is 12.2. The lowest BCUT2D eigenvalue weighted by atomic mass is 9.96. The number of halogens is 2. The third-order valence-corrected chi connectivity index (χ3v) is 7.96. The minimum Gasteiger partial charge on any atom is -0.494 e. The molecule has 0 bridgehead atoms. The molecule has 1 atom stereocenters. The first-order valence-electron chi connectivity index (χ1n) is 13.4. The molecule has 4 rings (SSSR count). The molecule has 0 aliphatic carbocycles. The number of rotatable bonds is 10. The smallest absolute Gasteiger partial charge is 0.222 e. The topological polar surface area (TPSA) is 62.2 Å². The van der Waals surface area contributed by atoms with Crippen molar-refractivity contribution in [1.82, 2.24) is 9.80 Å². The van der Waals surface area contributed by atoms with Crippen LogP contribution in [0.2, 0.25) is 10.0 Å². The summed E-state index contributed by atoms with van der Waals surface area (Å²) in [5.74, 6) is 1.75. The minimum absolute atomic E-state index is 0.227. The van der Waals surface area contributed by atoms with Crippen LogP contribution in [0.3, 0.4) is 0 Å². The molecule has 2 aromatic carbocycles. The van der Waals surface area contributed by atoms with Crippen LogP contribution < -0.4 is 9.47 Å². The number of hydrogen-bond donors (Lipinski definition) is 1. The van der Waals surface area contributed by atoms with Gasteiger partial charge < -0.3 is 19.5 Å². The quantitative estimate of drug-likeness (QED) is 0.371. The van der Waals surface area contributed by atoms with E-state index in [4.69, 9.17) is 32.7 Å². The Labute approximate surface area is 230 Å². The summed E-state index contributed by atoms with van der Waals surface area (Å²) in [4.78, 5) is 16.5. The molecule has 37 heavy (non-hydrogen) atoms. The lowest BCUT2D eigenvalue weighted by molar-refractivity contribution is -0.130. The Balaban J connectivity index is 1.21. The van der Waals surface area contributed by atoms with E-state index in [0.29, 0.717) is 41.7 Å². The van der Waals surface area contributed by atoms with Crippen molar-refractivity contribution in [1.29, 1.82) is 0 Å². The van der Waals surface area contributed by atoms with Crippen LogP contribution in [-0.2, 0) is 11.3 Å². The first-order valence-corrected chi connectivity index (χ1v) is 14.2. The average molecular weight is 550 g/mol. The number of ether oxygens (including phenoxy) is 2. The standard InChI is InChI=1S/C29H38Cl2N2O4/c30-26-11-10-25(20-27(26)31)37-22-29(35)12-5-14-32(17-13-29)21-23-7-4-8-24(19-23)36-18-6-16-33-15-3-1-2-9-28(33)34/h4,7-8,10-11,19-20,35H,1-3,5-6,9,12-18,21-22H2/t29-/m1/s1. The molecular formula is C29H38Cl2N2O4. The van der Waals surface area contributed by atoms with Gasteiger partial charge in [-0.1, -0.05) is 41.8 Å². The Morgan fingerprint density at radius 2 is 1.76 bits per heavy atom. The van der Waals surface area contributed by atoms with Gasteiger partial charge in [0, 0.05) is 38.7 Å². The van der Waals surface area contributed by atoms with Crippen molar-refractivity contribution < 1.29 is 19.4 Å². The van der Waals surface area contributed by atoms with Gasteiger partial charge >= 0.3 is 0 Å². The van der Waals surface area contributed by atoms with Gasteiger partial charge in [-0.2, -0.15) is 0 Å². The second kappa shape index (κ2) is 13.7. The van der Waals surface area contributed by atoms with E-state index >= 15 is 0 Å². The molecule has 0 unspecified atom stereocenters. The predicted octanol–water partition coefficient (Wildman–Crippen LogP) is 5.96. The Kier molecular flexibility index (Phi) is 10.4. The van der Waals surface area contributed by atoms with Gasteiger partial charge in [0.25, 0.3) is 0 Å². The van der Waals surface area contributed by atoms with E-state index < -0.39 is 5.60 Å². The molecule has 8 heteroatoms. The van der Waals surface area contributed by atoms with Crippen molar-refractivity contribution in [2.45, 2.75) is 63.5 Å². The Morgan fingerprint density at radius 3 is 2.62 bits per heavy atom. The lowest BCUT2D eigenvalue weighted by Crippen LogP contribution is -2.37. The van der Waals surface area contributed by atoms with Crippen LogP contribution in [-0.4, -0.2) is 65.8 Å². The van der Waals surface area contributed by atoms with Crippen LogP contribution in [0.25, 0.3) is 0 Å². The zero-order valence-electron chi connectivity index (χ0n) is 21.5. The van der Waals surface area contributed by atoms with E-state index in [2.05, 4.69) is 17.0 Å². The largest absolute Gasteiger partial charge is 0.494 e. The van der Waals surface area contributed by atoms with Gasteiger partial charge in [-0.25, -0.2) is 0 Å². The highest BCUT2D eigenvalue weighted by molar-refractivity contribution is 6.42. The molecule has 2 heterocycles. The summed E-state index contributed by atoms with van der Waals surface area (Å²) in [6.07, 6.45) is 7.01. The van der Waals surface area contributed by atoms with Crippen LogP contribution in [0.4, 0.5) is 0 Å². The van der Waals surface area contributed by atoms with Gasteiger partial charge in [0.2, 0.25) is 5.91 Å². The van der Waals surface area contributed by atoms with Gasteiger partial charge in [-0.05, 0) is 74.9 Å². The molecule has 6 nitrogen and oxygen atoms in total. The average Bonchev–Trinajstić information content (AvgIpc) is 3.21. The SMILES string of the molecule is O=C1CCCCCN1CCCOc1cccc(CN2CCC[C@](O)(COc3ccc(Cl)c(Cl)c3)CC2)c1. The molecule has 2 aliphatic rings. The number of likely N-dealkylation sites (tertiary alicyclic amines) is 2. The number of hydrogen-bond acceptors (Lipinski definition) is 5. The van der Waals surface area contributed by atoms with Gasteiger partial charge in [0.05, 0.1) is 22.3 Å². The van der Waals surface area contributed by atoms with E-state index in [-0.39, 0.29) is 12.5 Å². The summed E-state index contributed by atoms with van der Waals surface area (Å²) < 4.78 is 11.9. The van der Waals surface area contributed by atoms with Crippen LogP contribution in [0.5, 0.6) is 11.5 Å². The monoisotopic (exact) mass is 548 g/mol. The molecule has 0 saturated carbocycles. The minimum atomic E-state index is -0.874. The zero-order valence-corrected chi connectivity index (χ0v) is 23.0. The van der Waals surface area contributed by atoms with Crippen LogP contribution >= 0.6 is 23.2 Å². The molecule has 0 radical (unpaired) electrons. The fraction of sp³-hybridized carbons (Fsp3) is 0.552. The van der Waals surface area contributed by atoms with E-state index in [0.717, 1.165) is 70.6 Å². The van der Waals surface area contributed by atoms with Crippen molar-refractivity contribution in [2.75, 3.05) is 39.4 Å². The van der Waals surface area contributed by atoms with E-state index in [1.165, 1.54) is 5.56 Å². The summed E-state index contributed by atoms with van der Waals surface area (Å²) in [5.41, 5.74) is 0.318. The maximum Gasteiger partial charge on any atom is 0.222 e. The molecule has 2 saturated heterocycles. The molecule has 2 aromatic rings. The maximum absolute atomic E-state index is 12.2. The van der Waals surface area contributed by atoms with Crippen LogP contribution in [0.1, 0.15) is 56.9 Å². The highest BCUT2D eigenvalue weighted by Gasteiger charge is 2.31. The third-order valence-electron chi connectivity index (χ3n) is 7.23. The molecule has 202 valence electrons. The van der Waals surface area contributed by atoms with Crippen LogP contribution in [0.15, 0.2) is 42.5 Å². The van der Waals surface area contributed by atoms with Gasteiger partial charge in [-0.15, -0.1) is 0 Å². The summed E-state index contributed by atoms with van der Waals surface area (Å²) >= 11 is 12.1. The number of carbonyl (C=O) groups is 1. The Bertz CT molecular complexity index is 1040. The number of amides is 1. The Hall–Kier alpha value is -1.99. The molecule has 2 fully saturated rings. The first-order chi connectivity index (χ1) is 17.9. The number of aliphatic hydroxyl groups is 1. The van der Waals surface area contributed by atoms with Gasteiger partial charge in [-0.3, -0.25) is 9.69 Å². The highest BCUT2D eigenvalue weighted by atomic mass is 35.5. The normalized spacial score (nSPS) is 21.4. The summed E-state index contributed by atoms with van der Waals surface area (Å²) in [6.45, 7) is 4.99. The molecule has 0 aromatic heterocycles. The summed E-state index contributed by atoms with van der Waals surface area (Å²) in [5, 5.41) is 12.1. The van der Waals surface area contributed by atoms with Crippen molar-refractivity contribution in [2.24, 2.45) is 0 Å². The second-order valence-electron chi connectivity index (χ2n) is 10.3. The Morgan fingerprint density at radius 1 is 0.892 bits per heavy atom. The fourth-order valence-corrected chi connectivity index (χ4v) is 5.32. The summed E-state index contributed by atoms with van der Waals surface area (Å²) in [7, 11) is 0. The number of nitrogens with zero attached hydrogens (tertiary/aromatic N) is 2. The van der Waals surface area contributed by atoms with Crippen molar-refractivity contribution in [3.05, 3.63) is 58.1 Å². The second-order valence-corrected chi connectivity index (χ2v) is 11.1. The number of carbonyl (C=O) groups excluding carboxylic acids is 1. The molecule has 1 amide bonds. The summed E-state index contributed by atoms with van der Waals surface area (Å²) in [6, 6.07) is 13.4. The molecule has 2 aliphatic heterocycles.